The number of methoxy groups -OCH3 is 1. The van der Waals surface area contributed by atoms with Crippen molar-refractivity contribution in [1.82, 2.24) is 15.5 Å². The number of benzene rings is 2. The van der Waals surface area contributed by atoms with Gasteiger partial charge in [-0.1, -0.05) is 30.3 Å². The zero-order valence-corrected chi connectivity index (χ0v) is 17.3. The molecule has 2 amide bonds. The Balaban J connectivity index is 1.57. The minimum absolute atomic E-state index is 0.0571. The third kappa shape index (κ3) is 4.95. The molecule has 0 saturated carbocycles. The summed E-state index contributed by atoms with van der Waals surface area (Å²) in [5, 5.41) is 5.71. The highest BCUT2D eigenvalue weighted by Crippen LogP contribution is 2.29. The molecule has 1 aliphatic rings. The van der Waals surface area contributed by atoms with Crippen LogP contribution in [0, 0.1) is 0 Å². The molecule has 0 radical (unpaired) electrons. The number of nitrogens with one attached hydrogen (secondary N) is 2. The number of ether oxygens (including phenoxy) is 1. The second-order valence-electron chi connectivity index (χ2n) is 7.42. The highest BCUT2D eigenvalue weighted by Gasteiger charge is 2.31. The van der Waals surface area contributed by atoms with Crippen LogP contribution in [0.5, 0.6) is 5.75 Å². The third-order valence-corrected chi connectivity index (χ3v) is 5.75. The molecule has 1 aliphatic heterocycles. The van der Waals surface area contributed by atoms with Crippen molar-refractivity contribution in [2.45, 2.75) is 31.3 Å². The molecule has 3 rings (SSSR count). The summed E-state index contributed by atoms with van der Waals surface area (Å²) in [6.07, 6.45) is 2.45. The number of rotatable bonds is 7. The predicted octanol–water partition coefficient (Wildman–Crippen LogP) is 2.69. The molecule has 1 saturated heterocycles. The Hall–Kier alpha value is -2.86. The zero-order valence-electron chi connectivity index (χ0n) is 17.3. The number of hydrogen-bond acceptors (Lipinski definition) is 4. The van der Waals surface area contributed by atoms with Crippen molar-refractivity contribution in [3.8, 4) is 16.9 Å². The maximum Gasteiger partial charge on any atom is 0.251 e. The van der Waals surface area contributed by atoms with Crippen LogP contribution in [0.2, 0.25) is 0 Å². The number of hydrogen-bond donors (Lipinski definition) is 2. The summed E-state index contributed by atoms with van der Waals surface area (Å²) in [5.41, 5.74) is 2.63. The quantitative estimate of drug-likeness (QED) is 0.756. The van der Waals surface area contributed by atoms with Crippen LogP contribution in [-0.4, -0.2) is 56.5 Å². The van der Waals surface area contributed by atoms with E-state index in [1.165, 1.54) is 0 Å². The highest BCUT2D eigenvalue weighted by atomic mass is 16.5. The molecule has 2 aromatic carbocycles. The summed E-state index contributed by atoms with van der Waals surface area (Å²) in [7, 11) is 5.34. The number of nitrogens with zero attached hydrogens (tertiary/aromatic N) is 1. The van der Waals surface area contributed by atoms with Gasteiger partial charge in [0, 0.05) is 43.2 Å². The van der Waals surface area contributed by atoms with Crippen molar-refractivity contribution in [3.05, 3.63) is 54.1 Å². The lowest BCUT2D eigenvalue weighted by Gasteiger charge is -2.25. The fourth-order valence-corrected chi connectivity index (χ4v) is 3.90. The Morgan fingerprint density at radius 2 is 1.76 bits per heavy atom. The number of carbonyl (C=O) groups excluding carboxylic acids is 2. The van der Waals surface area contributed by atoms with E-state index in [0.29, 0.717) is 18.5 Å². The standard InChI is InChI=1S/C23H29N3O3/c1-24-22(27)14-18-12-13-19(26(18)2)15-25-23(28)17-10-8-16(9-11-17)20-6-4-5-7-21(20)29-3/h4-11,18-19H,12-15H2,1-3H3,(H,24,27)(H,25,28)/t18-,19+/m1/s1. The van der Waals surface area contributed by atoms with Crippen LogP contribution in [0.3, 0.4) is 0 Å². The van der Waals surface area contributed by atoms with E-state index in [0.717, 1.165) is 29.7 Å². The Morgan fingerprint density at radius 3 is 2.45 bits per heavy atom. The number of likely N-dealkylation sites (N-methyl/N-ethyl adjacent to an activating group) is 1. The highest BCUT2D eigenvalue weighted by molar-refractivity contribution is 5.94. The van der Waals surface area contributed by atoms with Crippen molar-refractivity contribution in [1.29, 1.82) is 0 Å². The van der Waals surface area contributed by atoms with Gasteiger partial charge >= 0.3 is 0 Å². The maximum atomic E-state index is 12.6. The molecule has 0 unspecified atom stereocenters. The van der Waals surface area contributed by atoms with Gasteiger partial charge in [-0.2, -0.15) is 0 Å². The average molecular weight is 396 g/mol. The van der Waals surface area contributed by atoms with Gasteiger partial charge in [0.1, 0.15) is 5.75 Å². The lowest BCUT2D eigenvalue weighted by atomic mass is 10.0. The molecule has 1 heterocycles. The van der Waals surface area contributed by atoms with Crippen LogP contribution in [0.4, 0.5) is 0 Å². The maximum absolute atomic E-state index is 12.6. The first-order valence-corrected chi connectivity index (χ1v) is 9.97. The van der Waals surface area contributed by atoms with Gasteiger partial charge < -0.3 is 15.4 Å². The smallest absolute Gasteiger partial charge is 0.251 e. The monoisotopic (exact) mass is 395 g/mol. The van der Waals surface area contributed by atoms with Crippen molar-refractivity contribution >= 4 is 11.8 Å². The van der Waals surface area contributed by atoms with Gasteiger partial charge in [0.25, 0.3) is 5.91 Å². The molecular weight excluding hydrogens is 366 g/mol. The molecule has 0 bridgehead atoms. The van der Waals surface area contributed by atoms with E-state index in [2.05, 4.69) is 15.5 Å². The van der Waals surface area contributed by atoms with Crippen molar-refractivity contribution < 1.29 is 14.3 Å². The summed E-state index contributed by atoms with van der Waals surface area (Å²) in [6, 6.07) is 15.9. The van der Waals surface area contributed by atoms with Crippen LogP contribution < -0.4 is 15.4 Å². The lowest BCUT2D eigenvalue weighted by Crippen LogP contribution is -2.42. The van der Waals surface area contributed by atoms with Crippen LogP contribution in [0.15, 0.2) is 48.5 Å². The fraction of sp³-hybridized carbons (Fsp3) is 0.391. The fourth-order valence-electron chi connectivity index (χ4n) is 3.90. The zero-order chi connectivity index (χ0) is 20.8. The minimum atomic E-state index is -0.0836. The first kappa shape index (κ1) is 20.9. The van der Waals surface area contributed by atoms with Gasteiger partial charge in [-0.15, -0.1) is 0 Å². The number of para-hydroxylation sites is 1. The van der Waals surface area contributed by atoms with Gasteiger partial charge in [0.15, 0.2) is 0 Å². The van der Waals surface area contributed by atoms with Crippen molar-refractivity contribution in [2.75, 3.05) is 27.7 Å². The molecule has 2 aromatic rings. The molecule has 6 nitrogen and oxygen atoms in total. The minimum Gasteiger partial charge on any atom is -0.496 e. The van der Waals surface area contributed by atoms with E-state index in [1.807, 2.05) is 55.6 Å². The Bertz CT molecular complexity index is 851. The number of likely N-dealkylation sites (tertiary alicyclic amines) is 1. The largest absolute Gasteiger partial charge is 0.496 e. The number of amides is 2. The van der Waals surface area contributed by atoms with Gasteiger partial charge in [-0.3, -0.25) is 14.5 Å². The van der Waals surface area contributed by atoms with Gasteiger partial charge in [0.2, 0.25) is 5.91 Å². The molecule has 0 spiro atoms. The van der Waals surface area contributed by atoms with Crippen LogP contribution in [-0.2, 0) is 4.79 Å². The van der Waals surface area contributed by atoms with Gasteiger partial charge in [-0.05, 0) is 43.7 Å². The van der Waals surface area contributed by atoms with Crippen LogP contribution in [0.1, 0.15) is 29.6 Å². The van der Waals surface area contributed by atoms with Gasteiger partial charge in [-0.25, -0.2) is 0 Å². The van der Waals surface area contributed by atoms with E-state index < -0.39 is 0 Å². The molecule has 154 valence electrons. The van der Waals surface area contributed by atoms with E-state index >= 15 is 0 Å². The average Bonchev–Trinajstić information content (AvgIpc) is 3.11. The first-order valence-electron chi connectivity index (χ1n) is 9.97. The number of carbonyl (C=O) groups is 2. The van der Waals surface area contributed by atoms with Gasteiger partial charge in [0.05, 0.1) is 7.11 Å². The molecular formula is C23H29N3O3. The summed E-state index contributed by atoms with van der Waals surface area (Å²) in [5.74, 6) is 0.779. The summed E-state index contributed by atoms with van der Waals surface area (Å²) >= 11 is 0. The van der Waals surface area contributed by atoms with Crippen molar-refractivity contribution in [3.63, 3.8) is 0 Å². The second kappa shape index (κ2) is 9.56. The summed E-state index contributed by atoms with van der Waals surface area (Å²) in [4.78, 5) is 26.4. The van der Waals surface area contributed by atoms with Crippen LogP contribution >= 0.6 is 0 Å². The molecule has 2 atom stereocenters. The summed E-state index contributed by atoms with van der Waals surface area (Å²) in [6.45, 7) is 0.577. The Kier molecular flexibility index (Phi) is 6.88. The van der Waals surface area contributed by atoms with E-state index in [9.17, 15) is 9.59 Å². The second-order valence-corrected chi connectivity index (χ2v) is 7.42. The first-order chi connectivity index (χ1) is 14.0. The Morgan fingerprint density at radius 1 is 1.07 bits per heavy atom. The summed E-state index contributed by atoms with van der Waals surface area (Å²) < 4.78 is 5.41. The topological polar surface area (TPSA) is 70.7 Å². The third-order valence-electron chi connectivity index (χ3n) is 5.75. The molecule has 1 fully saturated rings. The predicted molar refractivity (Wildman–Crippen MR) is 114 cm³/mol. The molecule has 6 heteroatoms. The molecule has 2 N–H and O–H groups in total. The van der Waals surface area contributed by atoms with E-state index in [1.54, 1.807) is 14.2 Å². The molecule has 29 heavy (non-hydrogen) atoms. The van der Waals surface area contributed by atoms with E-state index in [-0.39, 0.29) is 23.9 Å². The normalized spacial score (nSPS) is 19.0. The molecule has 0 aromatic heterocycles. The van der Waals surface area contributed by atoms with E-state index in [4.69, 9.17) is 4.74 Å². The lowest BCUT2D eigenvalue weighted by molar-refractivity contribution is -0.121. The Labute approximate surface area is 172 Å². The SMILES string of the molecule is CNC(=O)C[C@H]1CC[C@@H](CNC(=O)c2ccc(-c3ccccc3OC)cc2)N1C. The van der Waals surface area contributed by atoms with Crippen molar-refractivity contribution in [2.24, 2.45) is 0 Å². The molecule has 0 aliphatic carbocycles. The van der Waals surface area contributed by atoms with Crippen LogP contribution in [0.25, 0.3) is 11.1 Å².